The number of ether oxygens (including phenoxy) is 2. The molecule has 2 heterocycles. The molecule has 5 aliphatic rings. The monoisotopic (exact) mass is 672 g/mol. The van der Waals surface area contributed by atoms with Gasteiger partial charge in [0.05, 0.1) is 30.8 Å². The third kappa shape index (κ3) is 5.80. The lowest BCUT2D eigenvalue weighted by molar-refractivity contribution is -0.602. The second kappa shape index (κ2) is 11.6. The lowest BCUT2D eigenvalue weighted by Crippen LogP contribution is -2.80. The molecule has 10 nitrogen and oxygen atoms in total. The molecule has 6 rings (SSSR count). The summed E-state index contributed by atoms with van der Waals surface area (Å²) in [6, 6.07) is 3.01. The Morgan fingerprint density at radius 2 is 1.92 bits per heavy atom. The number of allylic oxidation sites excluding steroid dienone is 3. The van der Waals surface area contributed by atoms with Crippen LogP contribution in [0.4, 0.5) is 17.6 Å². The van der Waals surface area contributed by atoms with E-state index in [1.807, 2.05) is 5.32 Å². The number of aliphatic hydroxyl groups is 1. The SMILES string of the molecule is COC1=CC(C(=O)NC[C@](O)(C2=CC3=C(OC[C@]3(C)C(N)=O)C(C)(c3ccc(F)c(C(F)(F)F)c3)N2)C2CC2)=C/C(=C/[NH2+]C2CC2)C1=N. The van der Waals surface area contributed by atoms with Gasteiger partial charge in [-0.3, -0.25) is 15.0 Å². The molecule has 3 aliphatic carbocycles. The van der Waals surface area contributed by atoms with E-state index in [1.165, 1.54) is 32.3 Å². The molecule has 1 aromatic rings. The summed E-state index contributed by atoms with van der Waals surface area (Å²) in [5.74, 6) is -2.79. The second-order valence-electron chi connectivity index (χ2n) is 13.4. The average Bonchev–Trinajstić information content (AvgIpc) is 3.97. The normalized spacial score (nSPS) is 27.6. The second-order valence-corrected chi connectivity index (χ2v) is 13.4. The molecule has 0 radical (unpaired) electrons. The van der Waals surface area contributed by atoms with E-state index in [0.29, 0.717) is 36.6 Å². The Morgan fingerprint density at radius 1 is 1.21 bits per heavy atom. The zero-order valence-electron chi connectivity index (χ0n) is 26.7. The van der Waals surface area contributed by atoms with E-state index in [1.54, 1.807) is 19.2 Å². The van der Waals surface area contributed by atoms with Gasteiger partial charge < -0.3 is 36.3 Å². The number of quaternary nitrogens is 1. The van der Waals surface area contributed by atoms with E-state index in [4.69, 9.17) is 20.6 Å². The van der Waals surface area contributed by atoms with Crippen LogP contribution in [0.25, 0.3) is 0 Å². The largest absolute Gasteiger partial charge is 0.494 e. The van der Waals surface area contributed by atoms with Crippen molar-refractivity contribution in [2.45, 2.75) is 62.9 Å². The van der Waals surface area contributed by atoms with Crippen LogP contribution < -0.4 is 21.7 Å². The predicted molar refractivity (Wildman–Crippen MR) is 165 cm³/mol. The minimum atomic E-state index is -4.99. The summed E-state index contributed by atoms with van der Waals surface area (Å²) in [7, 11) is 1.40. The van der Waals surface area contributed by atoms with Crippen molar-refractivity contribution in [1.29, 1.82) is 5.41 Å². The number of primary amides is 1. The first-order chi connectivity index (χ1) is 22.5. The molecule has 2 saturated carbocycles. The van der Waals surface area contributed by atoms with Gasteiger partial charge in [-0.2, -0.15) is 13.2 Å². The van der Waals surface area contributed by atoms with Gasteiger partial charge in [-0.1, -0.05) is 6.07 Å². The number of hydrogen-bond donors (Lipinski definition) is 6. The van der Waals surface area contributed by atoms with Crippen molar-refractivity contribution in [3.63, 3.8) is 0 Å². The fourth-order valence-corrected chi connectivity index (χ4v) is 6.39. The summed E-state index contributed by atoms with van der Waals surface area (Å²) in [6.45, 7) is 2.55. The number of dihydropyridines is 1. The number of rotatable bonds is 10. The van der Waals surface area contributed by atoms with Gasteiger partial charge in [-0.25, -0.2) is 4.39 Å². The molecule has 1 aromatic carbocycles. The molecule has 256 valence electrons. The number of hydrogen-bond acceptors (Lipinski definition) is 7. The van der Waals surface area contributed by atoms with E-state index in [2.05, 4.69) is 10.6 Å². The highest BCUT2D eigenvalue weighted by molar-refractivity contribution is 6.15. The van der Waals surface area contributed by atoms with Crippen molar-refractivity contribution in [3.8, 4) is 0 Å². The Balaban J connectivity index is 1.36. The smallest absolute Gasteiger partial charge is 0.419 e. The Kier molecular flexibility index (Phi) is 8.10. The lowest BCUT2D eigenvalue weighted by Gasteiger charge is -2.43. The van der Waals surface area contributed by atoms with Crippen LogP contribution in [0.5, 0.6) is 0 Å². The topological polar surface area (TPSA) is 163 Å². The lowest BCUT2D eigenvalue weighted by atomic mass is 9.74. The van der Waals surface area contributed by atoms with Gasteiger partial charge in [0.1, 0.15) is 52.4 Å². The molecule has 1 unspecified atom stereocenters. The van der Waals surface area contributed by atoms with Gasteiger partial charge in [0.25, 0.3) is 5.91 Å². The van der Waals surface area contributed by atoms with Crippen LogP contribution in [0.2, 0.25) is 0 Å². The van der Waals surface area contributed by atoms with Crippen LogP contribution in [0.15, 0.2) is 76.6 Å². The quantitative estimate of drug-likeness (QED) is 0.210. The Bertz CT molecular complexity index is 1760. The molecule has 0 spiro atoms. The first-order valence-corrected chi connectivity index (χ1v) is 15.7. The van der Waals surface area contributed by atoms with Crippen LogP contribution in [-0.2, 0) is 30.8 Å². The molecule has 48 heavy (non-hydrogen) atoms. The van der Waals surface area contributed by atoms with E-state index in [9.17, 15) is 32.3 Å². The predicted octanol–water partition coefficient (Wildman–Crippen LogP) is 2.68. The molecule has 0 saturated heterocycles. The Morgan fingerprint density at radius 3 is 2.52 bits per heavy atom. The van der Waals surface area contributed by atoms with Crippen molar-refractivity contribution < 1.29 is 47.0 Å². The minimum absolute atomic E-state index is 0.0282. The van der Waals surface area contributed by atoms with Gasteiger partial charge in [-0.05, 0) is 68.5 Å². The molecule has 14 heteroatoms. The molecule has 0 aromatic heterocycles. The maximum atomic E-state index is 14.4. The first-order valence-electron chi connectivity index (χ1n) is 15.7. The molecular formula is C34H38F4N5O5+. The van der Waals surface area contributed by atoms with Crippen molar-refractivity contribution in [3.05, 3.63) is 93.5 Å². The van der Waals surface area contributed by atoms with Gasteiger partial charge in [0.2, 0.25) is 5.91 Å². The molecule has 2 fully saturated rings. The summed E-state index contributed by atoms with van der Waals surface area (Å²) in [5, 5.41) is 28.7. The van der Waals surface area contributed by atoms with Crippen LogP contribution >= 0.6 is 0 Å². The first kappa shape index (κ1) is 33.5. The highest BCUT2D eigenvalue weighted by Crippen LogP contribution is 2.52. The number of alkyl halides is 3. The number of amides is 2. The van der Waals surface area contributed by atoms with Crippen LogP contribution in [0.3, 0.4) is 0 Å². The fourth-order valence-electron chi connectivity index (χ4n) is 6.39. The number of carbonyl (C=O) groups excluding carboxylic acids is 2. The molecule has 2 amide bonds. The molecule has 3 atom stereocenters. The zero-order valence-corrected chi connectivity index (χ0v) is 26.7. The van der Waals surface area contributed by atoms with Crippen LogP contribution in [0.1, 0.15) is 50.7 Å². The number of benzene rings is 1. The number of nitrogens with two attached hydrogens (primary N) is 2. The van der Waals surface area contributed by atoms with Gasteiger partial charge >= 0.3 is 6.18 Å². The van der Waals surface area contributed by atoms with Crippen molar-refractivity contribution in [1.82, 2.24) is 10.6 Å². The number of carbonyl (C=O) groups is 2. The van der Waals surface area contributed by atoms with Gasteiger partial charge in [-0.15, -0.1) is 0 Å². The van der Waals surface area contributed by atoms with Gasteiger partial charge in [0.15, 0.2) is 0 Å². The van der Waals surface area contributed by atoms with Crippen molar-refractivity contribution >= 4 is 17.5 Å². The highest BCUT2D eigenvalue weighted by atomic mass is 19.4. The van der Waals surface area contributed by atoms with E-state index in [-0.39, 0.29) is 58.7 Å². The van der Waals surface area contributed by atoms with Gasteiger partial charge in [0, 0.05) is 29.7 Å². The van der Waals surface area contributed by atoms with Crippen LogP contribution in [-0.4, -0.2) is 54.5 Å². The standard InChI is InChI=1S/C34H37F4N5O5/c1-31(30(40)45)16-48-28-23(31)13-26(43-32(28,2)20-6-9-24(35)22(12-20)34(36,37)38)33(46,19-4-5-19)15-42-29(44)17-10-18(14-41-21-7-8-21)27(39)25(11-17)47-3/h6,9-14,19,21,39,41,43,46H,4-5,7-8,15-16H2,1-3H3,(H2,40,45)(H,42,44)/p+1/b18-14-,39-27?/t31-,32?,33+/m0/s1. The zero-order chi connectivity index (χ0) is 34.8. The number of nitrogens with one attached hydrogen (secondary N) is 3. The summed E-state index contributed by atoms with van der Waals surface area (Å²) < 4.78 is 67.1. The third-order valence-corrected chi connectivity index (χ3v) is 9.89. The van der Waals surface area contributed by atoms with Crippen molar-refractivity contribution in [2.75, 3.05) is 20.3 Å². The summed E-state index contributed by atoms with van der Waals surface area (Å²) >= 11 is 0. The fraction of sp³-hybridized carbons (Fsp3) is 0.441. The Hall–Kier alpha value is -4.43. The average molecular weight is 673 g/mol. The Labute approximate surface area is 274 Å². The van der Waals surface area contributed by atoms with Crippen LogP contribution in [0, 0.1) is 22.6 Å². The number of methoxy groups -OCH3 is 1. The molecule has 2 aliphatic heterocycles. The molecule has 8 N–H and O–H groups in total. The highest BCUT2D eigenvalue weighted by Gasteiger charge is 2.56. The summed E-state index contributed by atoms with van der Waals surface area (Å²) in [6.07, 6.45) is 4.64. The van der Waals surface area contributed by atoms with E-state index in [0.717, 1.165) is 12.8 Å². The molecule has 0 bridgehead atoms. The summed E-state index contributed by atoms with van der Waals surface area (Å²) in [5.41, 5.74) is 0.742. The minimum Gasteiger partial charge on any atom is -0.494 e. The van der Waals surface area contributed by atoms with E-state index < -0.39 is 45.9 Å². The summed E-state index contributed by atoms with van der Waals surface area (Å²) in [4.78, 5) is 26.3. The van der Waals surface area contributed by atoms with Crippen molar-refractivity contribution in [2.24, 2.45) is 17.1 Å². The van der Waals surface area contributed by atoms with E-state index >= 15 is 0 Å². The molecular weight excluding hydrogens is 634 g/mol. The number of halogens is 4. The third-order valence-electron chi connectivity index (χ3n) is 9.89. The maximum absolute atomic E-state index is 14.4. The maximum Gasteiger partial charge on any atom is 0.419 e.